The molecule has 0 aliphatic heterocycles. The van der Waals surface area contributed by atoms with Gasteiger partial charge in [0.2, 0.25) is 5.91 Å². The van der Waals surface area contributed by atoms with Crippen molar-refractivity contribution in [2.24, 2.45) is 5.73 Å². The lowest BCUT2D eigenvalue weighted by Gasteiger charge is -2.12. The highest BCUT2D eigenvalue weighted by Crippen LogP contribution is 2.25. The SMILES string of the molecule is C=C\C(=C/C=C/C=C/C(=O)NC1=CCCC=C1N)c1ccc2ncnc(NC/C=C/Cl)c2c1. The number of fused-ring (bicyclic) bond motifs is 1. The number of hydrogen-bond acceptors (Lipinski definition) is 5. The van der Waals surface area contributed by atoms with Crippen LogP contribution in [0.3, 0.4) is 0 Å². The summed E-state index contributed by atoms with van der Waals surface area (Å²) in [5.41, 5.74) is 11.4. The van der Waals surface area contributed by atoms with Gasteiger partial charge in [0.05, 0.1) is 16.9 Å². The summed E-state index contributed by atoms with van der Waals surface area (Å²) < 4.78 is 0. The Bertz CT molecular complexity index is 1200. The van der Waals surface area contributed by atoms with Crippen molar-refractivity contribution in [1.29, 1.82) is 0 Å². The number of rotatable bonds is 9. The van der Waals surface area contributed by atoms with Gasteiger partial charge in [0, 0.05) is 23.5 Å². The van der Waals surface area contributed by atoms with Crippen LogP contribution in [0.2, 0.25) is 0 Å². The lowest BCUT2D eigenvalue weighted by molar-refractivity contribution is -0.115. The molecular formula is C26H26ClN5O. The van der Waals surface area contributed by atoms with Gasteiger partial charge in [-0.25, -0.2) is 9.97 Å². The number of carbonyl (C=O) groups excluding carboxylic acids is 1. The average Bonchev–Trinajstić information content (AvgIpc) is 2.83. The molecule has 0 saturated carbocycles. The number of carbonyl (C=O) groups is 1. The van der Waals surface area contributed by atoms with Crippen molar-refractivity contribution in [2.45, 2.75) is 12.8 Å². The third kappa shape index (κ3) is 6.79. The molecule has 1 aliphatic carbocycles. The first-order chi connectivity index (χ1) is 16.1. The number of nitrogens with zero attached hydrogens (tertiary/aromatic N) is 2. The molecule has 0 unspecified atom stereocenters. The Morgan fingerprint density at radius 1 is 1.18 bits per heavy atom. The molecule has 7 heteroatoms. The van der Waals surface area contributed by atoms with Crippen molar-refractivity contribution in [3.8, 4) is 0 Å². The molecule has 6 nitrogen and oxygen atoms in total. The summed E-state index contributed by atoms with van der Waals surface area (Å²) in [6.45, 7) is 4.48. The van der Waals surface area contributed by atoms with Crippen molar-refractivity contribution in [3.63, 3.8) is 0 Å². The molecule has 0 atom stereocenters. The van der Waals surface area contributed by atoms with Crippen LogP contribution >= 0.6 is 11.6 Å². The van der Waals surface area contributed by atoms with Gasteiger partial charge in [-0.2, -0.15) is 0 Å². The van der Waals surface area contributed by atoms with Crippen LogP contribution in [0.4, 0.5) is 5.82 Å². The summed E-state index contributed by atoms with van der Waals surface area (Å²) in [4.78, 5) is 20.7. The molecule has 0 bridgehead atoms. The Kier molecular flexibility index (Phi) is 8.79. The zero-order chi connectivity index (χ0) is 23.5. The molecule has 0 spiro atoms. The fraction of sp³-hybridized carbons (Fsp3) is 0.115. The highest BCUT2D eigenvalue weighted by atomic mass is 35.5. The van der Waals surface area contributed by atoms with Gasteiger partial charge in [0.1, 0.15) is 12.1 Å². The molecule has 1 aliphatic rings. The molecule has 0 saturated heterocycles. The Morgan fingerprint density at radius 3 is 2.82 bits per heavy atom. The molecule has 2 aromatic rings. The van der Waals surface area contributed by atoms with Crippen LogP contribution in [0.5, 0.6) is 0 Å². The van der Waals surface area contributed by atoms with Gasteiger partial charge in [0.15, 0.2) is 0 Å². The third-order valence-electron chi connectivity index (χ3n) is 4.86. The number of anilines is 1. The lowest BCUT2D eigenvalue weighted by atomic mass is 10.0. The molecule has 3 rings (SSSR count). The van der Waals surface area contributed by atoms with Gasteiger partial charge in [0.25, 0.3) is 0 Å². The molecule has 1 aromatic heterocycles. The van der Waals surface area contributed by atoms with Crippen LogP contribution < -0.4 is 16.4 Å². The second kappa shape index (κ2) is 12.2. The van der Waals surface area contributed by atoms with Gasteiger partial charge in [-0.05, 0) is 36.1 Å². The van der Waals surface area contributed by atoms with Crippen LogP contribution in [0.1, 0.15) is 18.4 Å². The summed E-state index contributed by atoms with van der Waals surface area (Å²) in [7, 11) is 0. The van der Waals surface area contributed by atoms with E-state index in [1.807, 2.05) is 42.5 Å². The first-order valence-electron chi connectivity index (χ1n) is 10.5. The van der Waals surface area contributed by atoms with E-state index in [1.54, 1.807) is 24.3 Å². The van der Waals surface area contributed by atoms with Gasteiger partial charge >= 0.3 is 0 Å². The number of nitrogens with two attached hydrogens (primary N) is 1. The minimum Gasteiger partial charge on any atom is -0.397 e. The number of hydrogen-bond donors (Lipinski definition) is 3. The topological polar surface area (TPSA) is 92.9 Å². The van der Waals surface area contributed by atoms with Crippen molar-refractivity contribution in [3.05, 3.63) is 108 Å². The third-order valence-corrected chi connectivity index (χ3v) is 5.04. The van der Waals surface area contributed by atoms with Gasteiger partial charge < -0.3 is 16.4 Å². The van der Waals surface area contributed by atoms with Crippen LogP contribution in [-0.2, 0) is 4.79 Å². The number of benzene rings is 1. The van der Waals surface area contributed by atoms with Crippen molar-refractivity contribution in [2.75, 3.05) is 11.9 Å². The summed E-state index contributed by atoms with van der Waals surface area (Å²) in [6.07, 6.45) is 19.4. The summed E-state index contributed by atoms with van der Waals surface area (Å²) in [6, 6.07) is 5.95. The molecule has 4 N–H and O–H groups in total. The second-order valence-corrected chi connectivity index (χ2v) is 7.36. The number of halogens is 1. The van der Waals surface area contributed by atoms with E-state index < -0.39 is 0 Å². The minimum absolute atomic E-state index is 0.226. The van der Waals surface area contributed by atoms with E-state index in [1.165, 1.54) is 17.9 Å². The molecule has 0 fully saturated rings. The Hall–Kier alpha value is -3.90. The van der Waals surface area contributed by atoms with Crippen molar-refractivity contribution >= 4 is 39.8 Å². The number of aromatic nitrogens is 2. The Morgan fingerprint density at radius 2 is 2.03 bits per heavy atom. The van der Waals surface area contributed by atoms with Crippen molar-refractivity contribution < 1.29 is 4.79 Å². The lowest BCUT2D eigenvalue weighted by Crippen LogP contribution is -2.25. The first kappa shape index (κ1) is 23.8. The van der Waals surface area contributed by atoms with E-state index in [0.717, 1.165) is 40.7 Å². The molecule has 1 amide bonds. The molecule has 0 radical (unpaired) electrons. The maximum atomic E-state index is 12.1. The number of allylic oxidation sites excluding steroid dienone is 8. The monoisotopic (exact) mass is 459 g/mol. The maximum absolute atomic E-state index is 12.1. The molecule has 168 valence electrons. The van der Waals surface area contributed by atoms with Gasteiger partial charge in [-0.3, -0.25) is 4.79 Å². The highest BCUT2D eigenvalue weighted by Gasteiger charge is 2.07. The fourth-order valence-corrected chi connectivity index (χ4v) is 3.31. The predicted octanol–water partition coefficient (Wildman–Crippen LogP) is 5.11. The van der Waals surface area contributed by atoms with Crippen LogP contribution in [0, 0.1) is 0 Å². The normalized spacial score (nSPS) is 14.6. The molecular weight excluding hydrogens is 434 g/mol. The van der Waals surface area contributed by atoms with E-state index in [0.29, 0.717) is 17.9 Å². The fourth-order valence-electron chi connectivity index (χ4n) is 3.22. The largest absolute Gasteiger partial charge is 0.397 e. The van der Waals surface area contributed by atoms with Crippen molar-refractivity contribution in [1.82, 2.24) is 15.3 Å². The van der Waals surface area contributed by atoms with Crippen LogP contribution in [-0.4, -0.2) is 22.4 Å². The zero-order valence-electron chi connectivity index (χ0n) is 18.2. The van der Waals surface area contributed by atoms with E-state index in [4.69, 9.17) is 17.3 Å². The van der Waals surface area contributed by atoms with E-state index in [2.05, 4.69) is 27.2 Å². The minimum atomic E-state index is -0.226. The van der Waals surface area contributed by atoms with Crippen LogP contribution in [0.15, 0.2) is 103 Å². The Labute approximate surface area is 198 Å². The molecule has 1 heterocycles. The summed E-state index contributed by atoms with van der Waals surface area (Å²) >= 11 is 5.59. The van der Waals surface area contributed by atoms with E-state index in [-0.39, 0.29) is 5.91 Å². The second-order valence-electron chi connectivity index (χ2n) is 7.11. The quantitative estimate of drug-likeness (QED) is 0.358. The van der Waals surface area contributed by atoms with Gasteiger partial charge in [-0.1, -0.05) is 72.9 Å². The predicted molar refractivity (Wildman–Crippen MR) is 137 cm³/mol. The van der Waals surface area contributed by atoms with Gasteiger partial charge in [-0.15, -0.1) is 0 Å². The average molecular weight is 460 g/mol. The maximum Gasteiger partial charge on any atom is 0.248 e. The number of nitrogens with one attached hydrogen (secondary N) is 2. The molecule has 33 heavy (non-hydrogen) atoms. The zero-order valence-corrected chi connectivity index (χ0v) is 18.9. The molecule has 1 aromatic carbocycles. The first-order valence-corrected chi connectivity index (χ1v) is 10.9. The number of amides is 1. The summed E-state index contributed by atoms with van der Waals surface area (Å²) in [5, 5.41) is 6.92. The van der Waals surface area contributed by atoms with Crippen LogP contribution in [0.25, 0.3) is 16.5 Å². The summed E-state index contributed by atoms with van der Waals surface area (Å²) in [5.74, 6) is 0.503. The Balaban J connectivity index is 1.70. The van der Waals surface area contributed by atoms with E-state index >= 15 is 0 Å². The van der Waals surface area contributed by atoms with E-state index in [9.17, 15) is 4.79 Å². The standard InChI is InChI=1S/C26H26ClN5O/c1-2-19(9-4-3-5-12-25(33)32-24-11-7-6-10-22(24)28)20-13-14-23-21(17-20)26(31-18-30-23)29-16-8-15-27/h2-5,8-15,17-18H,1,6-7,16,28H2,(H,32,33)(H,29,30,31)/b4-3+,12-5+,15-8+,19-9+. The highest BCUT2D eigenvalue weighted by molar-refractivity contribution is 6.25. The smallest absolute Gasteiger partial charge is 0.248 e.